The Morgan fingerprint density at radius 1 is 1.26 bits per heavy atom. The Morgan fingerprint density at radius 3 is 2.68 bits per heavy atom. The fourth-order valence-corrected chi connectivity index (χ4v) is 4.38. The van der Waals surface area contributed by atoms with Crippen LogP contribution in [-0.4, -0.2) is 40.3 Å². The van der Waals surface area contributed by atoms with Crippen LogP contribution in [0.3, 0.4) is 0 Å². The Bertz CT molecular complexity index is 1070. The lowest BCUT2D eigenvalue weighted by molar-refractivity contribution is -0.140. The predicted octanol–water partition coefficient (Wildman–Crippen LogP) is 4.53. The van der Waals surface area contributed by atoms with Crippen molar-refractivity contribution in [2.45, 2.75) is 13.5 Å². The minimum Gasteiger partial charge on any atom is -0.490 e. The number of carboxylic acids is 1. The van der Waals surface area contributed by atoms with Crippen molar-refractivity contribution in [1.29, 1.82) is 0 Å². The van der Waals surface area contributed by atoms with Crippen LogP contribution in [0, 0.1) is 9.39 Å². The molecule has 10 heteroatoms. The maximum Gasteiger partial charge on any atom is 0.323 e. The Kier molecular flexibility index (Phi) is 7.55. The largest absolute Gasteiger partial charge is 0.490 e. The van der Waals surface area contributed by atoms with Crippen molar-refractivity contribution in [3.8, 4) is 11.5 Å². The molecule has 1 aliphatic rings. The standard InChI is InChI=1S/C21H17FINO6S/c1-2-29-16-8-12(9-17-20(27)24(10-18(25)26)21(28)31-17)7-15(23)19(16)30-11-13-5-3-4-6-14(13)22/h3-9H,2,10-11H2,1H3,(H,25,26)/b17-9+. The monoisotopic (exact) mass is 557 g/mol. The summed E-state index contributed by atoms with van der Waals surface area (Å²) in [5, 5.41) is 8.23. The molecule has 3 rings (SSSR count). The van der Waals surface area contributed by atoms with Crippen molar-refractivity contribution in [2.75, 3.05) is 13.2 Å². The number of carbonyl (C=O) groups excluding carboxylic acids is 2. The molecule has 1 saturated heterocycles. The fourth-order valence-electron chi connectivity index (χ4n) is 2.76. The van der Waals surface area contributed by atoms with E-state index >= 15 is 0 Å². The van der Waals surface area contributed by atoms with Crippen LogP contribution < -0.4 is 9.47 Å². The highest BCUT2D eigenvalue weighted by molar-refractivity contribution is 14.1. The van der Waals surface area contributed by atoms with Gasteiger partial charge < -0.3 is 14.6 Å². The molecule has 0 radical (unpaired) electrons. The van der Waals surface area contributed by atoms with Gasteiger partial charge in [0.2, 0.25) is 0 Å². The molecule has 0 unspecified atom stereocenters. The number of rotatable bonds is 8. The molecule has 0 saturated carbocycles. The highest BCUT2D eigenvalue weighted by atomic mass is 127. The number of imide groups is 1. The summed E-state index contributed by atoms with van der Waals surface area (Å²) in [5.41, 5.74) is 0.976. The lowest BCUT2D eigenvalue weighted by Crippen LogP contribution is -2.33. The normalized spacial score (nSPS) is 14.9. The summed E-state index contributed by atoms with van der Waals surface area (Å²) in [6.45, 7) is 1.48. The lowest BCUT2D eigenvalue weighted by Gasteiger charge is -2.15. The molecule has 0 spiro atoms. The van der Waals surface area contributed by atoms with Crippen LogP contribution >= 0.6 is 34.4 Å². The van der Waals surface area contributed by atoms with E-state index in [-0.39, 0.29) is 17.3 Å². The topological polar surface area (TPSA) is 93.1 Å². The van der Waals surface area contributed by atoms with Gasteiger partial charge in [0, 0.05) is 5.56 Å². The van der Waals surface area contributed by atoms with Gasteiger partial charge in [-0.15, -0.1) is 0 Å². The average molecular weight is 557 g/mol. The summed E-state index contributed by atoms with van der Waals surface area (Å²) in [6.07, 6.45) is 1.50. The van der Waals surface area contributed by atoms with Crippen LogP contribution in [0.15, 0.2) is 41.3 Å². The first-order valence-corrected chi connectivity index (χ1v) is 11.0. The van der Waals surface area contributed by atoms with Gasteiger partial charge in [-0.05, 0) is 71.1 Å². The first-order valence-electron chi connectivity index (χ1n) is 9.09. The third-order valence-corrected chi connectivity index (χ3v) is 5.83. The van der Waals surface area contributed by atoms with E-state index in [1.54, 1.807) is 37.3 Å². The summed E-state index contributed by atoms with van der Waals surface area (Å²) in [4.78, 5) is 36.0. The van der Waals surface area contributed by atoms with Crippen molar-refractivity contribution >= 4 is 57.5 Å². The summed E-state index contributed by atoms with van der Waals surface area (Å²) in [7, 11) is 0. The summed E-state index contributed by atoms with van der Waals surface area (Å²) >= 11 is 2.72. The van der Waals surface area contributed by atoms with Gasteiger partial charge in [0.05, 0.1) is 15.1 Å². The molecule has 0 atom stereocenters. The number of thioether (sulfide) groups is 1. The van der Waals surface area contributed by atoms with Crippen LogP contribution in [-0.2, 0) is 16.2 Å². The SMILES string of the molecule is CCOc1cc(/C=C2/SC(=O)N(CC(=O)O)C2=O)cc(I)c1OCc1ccccc1F. The van der Waals surface area contributed by atoms with Crippen LogP contribution in [0.25, 0.3) is 6.08 Å². The number of nitrogens with zero attached hydrogens (tertiary/aromatic N) is 1. The molecule has 1 fully saturated rings. The minimum atomic E-state index is -1.27. The van der Waals surface area contributed by atoms with Crippen LogP contribution in [0.4, 0.5) is 9.18 Å². The maximum atomic E-state index is 13.9. The van der Waals surface area contributed by atoms with E-state index in [1.165, 1.54) is 12.1 Å². The molecule has 162 valence electrons. The highest BCUT2D eigenvalue weighted by Crippen LogP contribution is 2.38. The first-order chi connectivity index (χ1) is 14.8. The van der Waals surface area contributed by atoms with E-state index in [2.05, 4.69) is 0 Å². The Balaban J connectivity index is 1.87. The van der Waals surface area contributed by atoms with Gasteiger partial charge >= 0.3 is 5.97 Å². The predicted molar refractivity (Wildman–Crippen MR) is 121 cm³/mol. The number of aliphatic carboxylic acids is 1. The summed E-state index contributed by atoms with van der Waals surface area (Å²) < 4.78 is 26.0. The van der Waals surface area contributed by atoms with E-state index in [0.717, 1.165) is 0 Å². The number of halogens is 2. The third kappa shape index (κ3) is 5.56. The molecule has 7 nitrogen and oxygen atoms in total. The molecule has 2 aromatic carbocycles. The summed E-state index contributed by atoms with van der Waals surface area (Å²) in [5.74, 6) is -1.47. The molecule has 0 aliphatic carbocycles. The van der Waals surface area contributed by atoms with Gasteiger partial charge in [0.15, 0.2) is 11.5 Å². The molecule has 1 N–H and O–H groups in total. The van der Waals surface area contributed by atoms with Gasteiger partial charge in [-0.25, -0.2) is 4.39 Å². The van der Waals surface area contributed by atoms with E-state index in [0.29, 0.717) is 49.5 Å². The molecule has 0 aromatic heterocycles. The molecule has 1 aliphatic heterocycles. The second-order valence-corrected chi connectivity index (χ2v) is 8.46. The number of amides is 2. The lowest BCUT2D eigenvalue weighted by atomic mass is 10.1. The highest BCUT2D eigenvalue weighted by Gasteiger charge is 2.36. The van der Waals surface area contributed by atoms with Crippen LogP contribution in [0.5, 0.6) is 11.5 Å². The number of carbonyl (C=O) groups is 3. The maximum absolute atomic E-state index is 13.9. The van der Waals surface area contributed by atoms with E-state index < -0.39 is 23.7 Å². The van der Waals surface area contributed by atoms with Crippen molar-refractivity contribution < 1.29 is 33.4 Å². The Hall–Kier alpha value is -2.60. The van der Waals surface area contributed by atoms with Crippen molar-refractivity contribution in [3.05, 3.63) is 61.8 Å². The molecule has 1 heterocycles. The Labute approximate surface area is 195 Å². The second kappa shape index (κ2) is 10.1. The fraction of sp³-hybridized carbons (Fsp3) is 0.190. The van der Waals surface area contributed by atoms with Gasteiger partial charge in [-0.2, -0.15) is 0 Å². The molecular weight excluding hydrogens is 540 g/mol. The van der Waals surface area contributed by atoms with Crippen molar-refractivity contribution in [1.82, 2.24) is 4.90 Å². The molecule has 31 heavy (non-hydrogen) atoms. The molecule has 0 bridgehead atoms. The molecule has 2 amide bonds. The van der Waals surface area contributed by atoms with E-state index in [9.17, 15) is 18.8 Å². The summed E-state index contributed by atoms with van der Waals surface area (Å²) in [6, 6.07) is 9.67. The number of hydrogen-bond donors (Lipinski definition) is 1. The number of ether oxygens (including phenoxy) is 2. The zero-order chi connectivity index (χ0) is 22.5. The quantitative estimate of drug-likeness (QED) is 0.377. The smallest absolute Gasteiger partial charge is 0.323 e. The van der Waals surface area contributed by atoms with Gasteiger partial charge in [0.1, 0.15) is 19.0 Å². The van der Waals surface area contributed by atoms with Crippen molar-refractivity contribution in [3.63, 3.8) is 0 Å². The minimum absolute atomic E-state index is 0.0101. The molecular formula is C21H17FINO6S. The van der Waals surface area contributed by atoms with E-state index in [1.807, 2.05) is 22.6 Å². The van der Waals surface area contributed by atoms with Gasteiger partial charge in [-0.3, -0.25) is 19.3 Å². The van der Waals surface area contributed by atoms with Crippen LogP contribution in [0.1, 0.15) is 18.1 Å². The third-order valence-electron chi connectivity index (χ3n) is 4.13. The first kappa shape index (κ1) is 23.1. The van der Waals surface area contributed by atoms with Crippen molar-refractivity contribution in [2.24, 2.45) is 0 Å². The average Bonchev–Trinajstić information content (AvgIpc) is 2.96. The van der Waals surface area contributed by atoms with Gasteiger partial charge in [-0.1, -0.05) is 18.2 Å². The van der Waals surface area contributed by atoms with Crippen LogP contribution in [0.2, 0.25) is 0 Å². The number of carboxylic acid groups (broad SMARTS) is 1. The van der Waals surface area contributed by atoms with Gasteiger partial charge in [0.25, 0.3) is 11.1 Å². The number of hydrogen-bond acceptors (Lipinski definition) is 6. The zero-order valence-corrected chi connectivity index (χ0v) is 19.2. The second-order valence-electron chi connectivity index (χ2n) is 6.30. The molecule has 2 aromatic rings. The van der Waals surface area contributed by atoms with E-state index in [4.69, 9.17) is 14.6 Å². The Morgan fingerprint density at radius 2 is 2.00 bits per heavy atom. The number of benzene rings is 2. The zero-order valence-electron chi connectivity index (χ0n) is 16.3.